The van der Waals surface area contributed by atoms with Crippen LogP contribution in [0.25, 0.3) is 0 Å². The lowest BCUT2D eigenvalue weighted by Crippen LogP contribution is -2.18. The Morgan fingerprint density at radius 2 is 2.16 bits per heavy atom. The van der Waals surface area contributed by atoms with Gasteiger partial charge in [0.1, 0.15) is 5.76 Å². The zero-order valence-electron chi connectivity index (χ0n) is 11.3. The molecule has 0 aliphatic carbocycles. The van der Waals surface area contributed by atoms with Crippen molar-refractivity contribution in [1.29, 1.82) is 0 Å². The molecule has 1 atom stereocenters. The Labute approximate surface area is 119 Å². The highest BCUT2D eigenvalue weighted by Gasteiger charge is 2.09. The predicted octanol–water partition coefficient (Wildman–Crippen LogP) is 3.46. The monoisotopic (exact) mass is 278 g/mol. The number of furan rings is 1. The maximum atomic E-state index is 6.33. The van der Waals surface area contributed by atoms with E-state index >= 15 is 0 Å². The highest BCUT2D eigenvalue weighted by Crippen LogP contribution is 2.27. The molecule has 0 saturated heterocycles. The van der Waals surface area contributed by atoms with Crippen LogP contribution in [0.2, 0.25) is 5.02 Å². The quantitative estimate of drug-likeness (QED) is 0.911. The summed E-state index contributed by atoms with van der Waals surface area (Å²) >= 11 is 6.33. The third-order valence-electron chi connectivity index (χ3n) is 2.95. The lowest BCUT2D eigenvalue weighted by Gasteiger charge is -2.20. The molecule has 2 aromatic rings. The van der Waals surface area contributed by atoms with Crippen LogP contribution in [-0.2, 0) is 13.0 Å². The van der Waals surface area contributed by atoms with E-state index in [0.29, 0.717) is 6.54 Å². The van der Waals surface area contributed by atoms with Crippen LogP contribution in [-0.4, -0.2) is 13.1 Å². The van der Waals surface area contributed by atoms with Crippen molar-refractivity contribution in [2.75, 3.05) is 11.9 Å². The molecule has 0 amide bonds. The Morgan fingerprint density at radius 1 is 1.37 bits per heavy atom. The highest BCUT2D eigenvalue weighted by molar-refractivity contribution is 6.33. The first-order valence-electron chi connectivity index (χ1n) is 6.34. The number of halogens is 1. The molecule has 1 unspecified atom stereocenters. The van der Waals surface area contributed by atoms with E-state index in [9.17, 15) is 0 Å². The van der Waals surface area contributed by atoms with Crippen molar-refractivity contribution < 1.29 is 4.42 Å². The average molecular weight is 279 g/mol. The van der Waals surface area contributed by atoms with E-state index in [1.54, 1.807) is 6.26 Å². The summed E-state index contributed by atoms with van der Waals surface area (Å²) in [6.07, 6.45) is 2.51. The van der Waals surface area contributed by atoms with Gasteiger partial charge >= 0.3 is 0 Å². The first-order chi connectivity index (χ1) is 9.06. The molecular weight excluding hydrogens is 260 g/mol. The fraction of sp³-hybridized carbons (Fsp3) is 0.333. The van der Waals surface area contributed by atoms with Gasteiger partial charge in [0.2, 0.25) is 0 Å². The zero-order valence-corrected chi connectivity index (χ0v) is 12.0. The molecule has 0 radical (unpaired) electrons. The number of rotatable bonds is 5. The van der Waals surface area contributed by atoms with Crippen LogP contribution < -0.4 is 10.6 Å². The van der Waals surface area contributed by atoms with Gasteiger partial charge in [0.05, 0.1) is 23.5 Å². The van der Waals surface area contributed by atoms with Gasteiger partial charge in [-0.3, -0.25) is 0 Å². The summed E-state index contributed by atoms with van der Waals surface area (Å²) in [4.78, 5) is 2.07. The largest absolute Gasteiger partial charge is 0.467 e. The molecule has 0 aliphatic heterocycles. The second kappa shape index (κ2) is 6.13. The summed E-state index contributed by atoms with van der Waals surface area (Å²) in [5.74, 6) is 0.915. The van der Waals surface area contributed by atoms with Gasteiger partial charge < -0.3 is 15.1 Å². The number of nitrogens with zero attached hydrogens (tertiary/aromatic N) is 1. The first kappa shape index (κ1) is 14.0. The van der Waals surface area contributed by atoms with Crippen LogP contribution in [0.1, 0.15) is 18.2 Å². The molecule has 0 aliphatic rings. The molecule has 0 bridgehead atoms. The van der Waals surface area contributed by atoms with E-state index in [-0.39, 0.29) is 6.04 Å². The Morgan fingerprint density at radius 3 is 2.74 bits per heavy atom. The number of benzene rings is 1. The van der Waals surface area contributed by atoms with Crippen LogP contribution in [0.4, 0.5) is 5.69 Å². The minimum atomic E-state index is 0.141. The molecule has 2 rings (SSSR count). The third kappa shape index (κ3) is 3.75. The second-order valence-electron chi connectivity index (χ2n) is 4.90. The third-order valence-corrected chi connectivity index (χ3v) is 3.26. The van der Waals surface area contributed by atoms with Crippen molar-refractivity contribution in [2.24, 2.45) is 5.73 Å². The van der Waals surface area contributed by atoms with Crippen molar-refractivity contribution in [3.05, 3.63) is 52.9 Å². The number of anilines is 1. The van der Waals surface area contributed by atoms with Crippen LogP contribution in [0.5, 0.6) is 0 Å². The summed E-state index contributed by atoms with van der Waals surface area (Å²) < 4.78 is 5.34. The maximum Gasteiger partial charge on any atom is 0.123 e. The van der Waals surface area contributed by atoms with E-state index in [1.165, 1.54) is 0 Å². The van der Waals surface area contributed by atoms with Crippen LogP contribution >= 0.6 is 11.6 Å². The Bertz CT molecular complexity index is 523. The smallest absolute Gasteiger partial charge is 0.123 e. The van der Waals surface area contributed by atoms with Gasteiger partial charge in [-0.2, -0.15) is 0 Å². The van der Waals surface area contributed by atoms with Crippen molar-refractivity contribution in [3.63, 3.8) is 0 Å². The van der Waals surface area contributed by atoms with Gasteiger partial charge in [-0.25, -0.2) is 0 Å². The Kier molecular flexibility index (Phi) is 4.51. The molecule has 0 saturated carbocycles. The molecule has 4 heteroatoms. The van der Waals surface area contributed by atoms with E-state index in [2.05, 4.69) is 11.0 Å². The fourth-order valence-electron chi connectivity index (χ4n) is 2.08. The molecule has 19 heavy (non-hydrogen) atoms. The minimum absolute atomic E-state index is 0.141. The predicted molar refractivity (Wildman–Crippen MR) is 79.6 cm³/mol. The lowest BCUT2D eigenvalue weighted by molar-refractivity contribution is 0.507. The standard InChI is InChI=1S/C15H19ClN2O/c1-11(17)8-12-5-6-15(14(16)9-12)18(2)10-13-4-3-7-19-13/h3-7,9,11H,8,10,17H2,1-2H3. The molecule has 0 fully saturated rings. The molecule has 1 aromatic heterocycles. The normalized spacial score (nSPS) is 12.4. The molecular formula is C15H19ClN2O. The van der Waals surface area contributed by atoms with E-state index in [1.807, 2.05) is 38.2 Å². The van der Waals surface area contributed by atoms with Crippen molar-refractivity contribution >= 4 is 17.3 Å². The maximum absolute atomic E-state index is 6.33. The van der Waals surface area contributed by atoms with Gasteiger partial charge in [0.15, 0.2) is 0 Å². The van der Waals surface area contributed by atoms with Gasteiger partial charge in [-0.1, -0.05) is 17.7 Å². The summed E-state index contributed by atoms with van der Waals surface area (Å²) in [6, 6.07) is 10.1. The molecule has 3 nitrogen and oxygen atoms in total. The summed E-state index contributed by atoms with van der Waals surface area (Å²) in [5, 5.41) is 0.743. The van der Waals surface area contributed by atoms with Crippen LogP contribution in [0.3, 0.4) is 0 Å². The Hall–Kier alpha value is -1.45. The minimum Gasteiger partial charge on any atom is -0.467 e. The molecule has 1 heterocycles. The lowest BCUT2D eigenvalue weighted by atomic mass is 10.1. The summed E-state index contributed by atoms with van der Waals surface area (Å²) in [5.41, 5.74) is 7.95. The summed E-state index contributed by atoms with van der Waals surface area (Å²) in [7, 11) is 2.00. The highest BCUT2D eigenvalue weighted by atomic mass is 35.5. The van der Waals surface area contributed by atoms with Gasteiger partial charge in [-0.05, 0) is 43.2 Å². The van der Waals surface area contributed by atoms with Crippen LogP contribution in [0, 0.1) is 0 Å². The van der Waals surface area contributed by atoms with Crippen molar-refractivity contribution in [1.82, 2.24) is 0 Å². The van der Waals surface area contributed by atoms with Gasteiger partial charge in [0.25, 0.3) is 0 Å². The molecule has 0 spiro atoms. The zero-order chi connectivity index (χ0) is 13.8. The number of hydrogen-bond donors (Lipinski definition) is 1. The number of hydrogen-bond acceptors (Lipinski definition) is 3. The fourth-order valence-corrected chi connectivity index (χ4v) is 2.43. The topological polar surface area (TPSA) is 42.4 Å². The second-order valence-corrected chi connectivity index (χ2v) is 5.31. The Balaban J connectivity index is 2.11. The van der Waals surface area contributed by atoms with Crippen molar-refractivity contribution in [3.8, 4) is 0 Å². The van der Waals surface area contributed by atoms with E-state index in [0.717, 1.165) is 28.5 Å². The van der Waals surface area contributed by atoms with E-state index < -0.39 is 0 Å². The first-order valence-corrected chi connectivity index (χ1v) is 6.71. The molecule has 2 N–H and O–H groups in total. The summed E-state index contributed by atoms with van der Waals surface area (Å²) in [6.45, 7) is 2.68. The molecule has 102 valence electrons. The average Bonchev–Trinajstić information content (AvgIpc) is 2.80. The molecule has 1 aromatic carbocycles. The number of nitrogens with two attached hydrogens (primary N) is 1. The van der Waals surface area contributed by atoms with Crippen molar-refractivity contribution in [2.45, 2.75) is 25.9 Å². The van der Waals surface area contributed by atoms with Crippen LogP contribution in [0.15, 0.2) is 41.0 Å². The van der Waals surface area contributed by atoms with Gasteiger partial charge in [-0.15, -0.1) is 0 Å². The SMILES string of the molecule is CC(N)Cc1ccc(N(C)Cc2ccco2)c(Cl)c1. The van der Waals surface area contributed by atoms with Gasteiger partial charge in [0, 0.05) is 13.1 Å². The van der Waals surface area contributed by atoms with E-state index in [4.69, 9.17) is 21.8 Å².